The Morgan fingerprint density at radius 3 is 2.62 bits per heavy atom. The van der Waals surface area contributed by atoms with Gasteiger partial charge in [0.05, 0.1) is 0 Å². The third-order valence-electron chi connectivity index (χ3n) is 4.76. The van der Waals surface area contributed by atoms with Crippen LogP contribution in [-0.4, -0.2) is 39.2 Å². The highest BCUT2D eigenvalue weighted by Gasteiger charge is 2.36. The molecule has 0 radical (unpaired) electrons. The Balaban J connectivity index is 2.10. The van der Waals surface area contributed by atoms with Crippen LogP contribution in [0.1, 0.15) is 60.0 Å². The van der Waals surface area contributed by atoms with Gasteiger partial charge in [-0.25, -0.2) is 0 Å². The van der Waals surface area contributed by atoms with Crippen molar-refractivity contribution in [3.63, 3.8) is 0 Å². The number of unbranched alkanes of at least 4 members (excludes halogenated alkanes) is 3. The lowest BCUT2D eigenvalue weighted by Crippen LogP contribution is -2.45. The van der Waals surface area contributed by atoms with Crippen LogP contribution >= 0.6 is 15.9 Å². The molecular formula is C19H25BrN2O4. The van der Waals surface area contributed by atoms with E-state index in [1.54, 1.807) is 6.07 Å². The first-order chi connectivity index (χ1) is 12.5. The topological polar surface area (TPSA) is 101 Å². The fourth-order valence-corrected chi connectivity index (χ4v) is 3.78. The molecule has 3 N–H and O–H groups in total. The summed E-state index contributed by atoms with van der Waals surface area (Å²) in [5.74, 6) is -1.91. The molecule has 0 saturated carbocycles. The standard InChI is InChI=1S/C19H25BrN2O4/c20-11-4-2-1-3-6-13-7-5-8-14-15(13)12-22(19(14)26)16(18(21)25)9-10-17(23)24/h5,7-8,16H,1-4,6,9-12H2,(H2,21,25)(H,23,24). The van der Waals surface area contributed by atoms with E-state index in [1.165, 1.54) is 11.3 Å². The van der Waals surface area contributed by atoms with Gasteiger partial charge in [-0.15, -0.1) is 0 Å². The van der Waals surface area contributed by atoms with Crippen molar-refractivity contribution < 1.29 is 19.5 Å². The summed E-state index contributed by atoms with van der Waals surface area (Å²) < 4.78 is 0. The number of primary amides is 1. The van der Waals surface area contributed by atoms with Crippen LogP contribution in [0.3, 0.4) is 0 Å². The minimum atomic E-state index is -1.01. The van der Waals surface area contributed by atoms with Crippen molar-refractivity contribution in [1.82, 2.24) is 4.90 Å². The van der Waals surface area contributed by atoms with Crippen molar-refractivity contribution in [2.75, 3.05) is 5.33 Å². The second-order valence-electron chi connectivity index (χ2n) is 6.58. The summed E-state index contributed by atoms with van der Waals surface area (Å²) in [4.78, 5) is 36.8. The SMILES string of the molecule is NC(=O)C(CCC(=O)O)N1Cc2c(CCCCCCBr)cccc2C1=O. The van der Waals surface area contributed by atoms with Gasteiger partial charge in [-0.3, -0.25) is 14.4 Å². The van der Waals surface area contributed by atoms with Crippen LogP contribution < -0.4 is 5.73 Å². The summed E-state index contributed by atoms with van der Waals surface area (Å²) in [5.41, 5.74) is 8.10. The largest absolute Gasteiger partial charge is 0.481 e. The number of carbonyl (C=O) groups excluding carboxylic acids is 2. The summed E-state index contributed by atoms with van der Waals surface area (Å²) >= 11 is 3.43. The minimum absolute atomic E-state index is 0.0340. The Hall–Kier alpha value is -1.89. The van der Waals surface area contributed by atoms with Crippen LogP contribution in [0.15, 0.2) is 18.2 Å². The van der Waals surface area contributed by atoms with Gasteiger partial charge in [0.1, 0.15) is 6.04 Å². The summed E-state index contributed by atoms with van der Waals surface area (Å²) in [6, 6.07) is 4.76. The molecule has 142 valence electrons. The molecule has 7 heteroatoms. The molecule has 0 spiro atoms. The van der Waals surface area contributed by atoms with Crippen molar-refractivity contribution in [2.45, 2.75) is 57.5 Å². The molecule has 2 rings (SSSR count). The van der Waals surface area contributed by atoms with E-state index in [-0.39, 0.29) is 18.7 Å². The van der Waals surface area contributed by atoms with Crippen molar-refractivity contribution in [1.29, 1.82) is 0 Å². The highest BCUT2D eigenvalue weighted by atomic mass is 79.9. The Morgan fingerprint density at radius 2 is 1.96 bits per heavy atom. The second-order valence-corrected chi connectivity index (χ2v) is 7.37. The number of hydrogen-bond acceptors (Lipinski definition) is 3. The van der Waals surface area contributed by atoms with E-state index in [9.17, 15) is 14.4 Å². The Kier molecular flexibility index (Phi) is 7.63. The molecule has 0 aliphatic carbocycles. The summed E-state index contributed by atoms with van der Waals surface area (Å²) in [6.07, 6.45) is 5.24. The number of hydrogen-bond donors (Lipinski definition) is 2. The molecule has 0 bridgehead atoms. The fourth-order valence-electron chi connectivity index (χ4n) is 3.38. The maximum Gasteiger partial charge on any atom is 0.303 e. The van der Waals surface area contributed by atoms with E-state index < -0.39 is 17.9 Å². The van der Waals surface area contributed by atoms with Gasteiger partial charge in [0.25, 0.3) is 5.91 Å². The number of nitrogens with two attached hydrogens (primary N) is 1. The van der Waals surface area contributed by atoms with Gasteiger partial charge in [-0.1, -0.05) is 40.9 Å². The molecule has 1 aromatic carbocycles. The van der Waals surface area contributed by atoms with Crippen LogP contribution in [0.4, 0.5) is 0 Å². The lowest BCUT2D eigenvalue weighted by atomic mass is 9.98. The average molecular weight is 425 g/mol. The number of rotatable bonds is 11. The van der Waals surface area contributed by atoms with Gasteiger partial charge in [0, 0.05) is 23.9 Å². The normalized spacial score (nSPS) is 14.3. The van der Waals surface area contributed by atoms with E-state index in [0.29, 0.717) is 12.1 Å². The van der Waals surface area contributed by atoms with Gasteiger partial charge in [0.15, 0.2) is 0 Å². The maximum atomic E-state index is 12.7. The zero-order valence-corrected chi connectivity index (χ0v) is 16.3. The first kappa shape index (κ1) is 20.4. The predicted molar refractivity (Wildman–Crippen MR) is 102 cm³/mol. The molecular weight excluding hydrogens is 400 g/mol. The second kappa shape index (κ2) is 9.71. The highest BCUT2D eigenvalue weighted by molar-refractivity contribution is 9.09. The number of halogens is 1. The van der Waals surface area contributed by atoms with Gasteiger partial charge in [-0.2, -0.15) is 0 Å². The number of amides is 2. The van der Waals surface area contributed by atoms with Crippen LogP contribution in [0.5, 0.6) is 0 Å². The van der Waals surface area contributed by atoms with Crippen molar-refractivity contribution >= 4 is 33.7 Å². The number of benzene rings is 1. The molecule has 1 aromatic rings. The summed E-state index contributed by atoms with van der Waals surface area (Å²) in [5, 5.41) is 9.89. The highest BCUT2D eigenvalue weighted by Crippen LogP contribution is 2.29. The predicted octanol–water partition coefficient (Wildman–Crippen LogP) is 2.86. The molecule has 1 aliphatic heterocycles. The Labute approximate surface area is 161 Å². The lowest BCUT2D eigenvalue weighted by molar-refractivity contribution is -0.137. The van der Waals surface area contributed by atoms with E-state index in [4.69, 9.17) is 10.8 Å². The van der Waals surface area contributed by atoms with Crippen molar-refractivity contribution in [2.24, 2.45) is 5.73 Å². The minimum Gasteiger partial charge on any atom is -0.481 e. The number of aryl methyl sites for hydroxylation is 1. The summed E-state index contributed by atoms with van der Waals surface area (Å²) in [6.45, 7) is 0.318. The van der Waals surface area contributed by atoms with E-state index in [2.05, 4.69) is 15.9 Å². The Morgan fingerprint density at radius 1 is 1.23 bits per heavy atom. The smallest absolute Gasteiger partial charge is 0.303 e. The molecule has 1 unspecified atom stereocenters. The quantitative estimate of drug-likeness (QED) is 0.421. The van der Waals surface area contributed by atoms with Crippen LogP contribution in [0.25, 0.3) is 0 Å². The first-order valence-corrected chi connectivity index (χ1v) is 10.1. The molecule has 2 amide bonds. The molecule has 1 aliphatic rings. The molecule has 6 nitrogen and oxygen atoms in total. The van der Waals surface area contributed by atoms with Crippen LogP contribution in [-0.2, 0) is 22.6 Å². The zero-order chi connectivity index (χ0) is 19.1. The number of carboxylic acids is 1. The fraction of sp³-hybridized carbons (Fsp3) is 0.526. The van der Waals surface area contributed by atoms with Gasteiger partial charge >= 0.3 is 5.97 Å². The van der Waals surface area contributed by atoms with Crippen LogP contribution in [0.2, 0.25) is 0 Å². The number of alkyl halides is 1. The van der Waals surface area contributed by atoms with E-state index in [0.717, 1.165) is 42.1 Å². The van der Waals surface area contributed by atoms with E-state index in [1.807, 2.05) is 12.1 Å². The number of nitrogens with zero attached hydrogens (tertiary/aromatic N) is 1. The average Bonchev–Trinajstić information content (AvgIpc) is 2.92. The van der Waals surface area contributed by atoms with Crippen molar-refractivity contribution in [3.05, 3.63) is 34.9 Å². The van der Waals surface area contributed by atoms with Crippen LogP contribution in [0, 0.1) is 0 Å². The van der Waals surface area contributed by atoms with Crippen molar-refractivity contribution in [3.8, 4) is 0 Å². The maximum absolute atomic E-state index is 12.7. The molecule has 26 heavy (non-hydrogen) atoms. The van der Waals surface area contributed by atoms with E-state index >= 15 is 0 Å². The third-order valence-corrected chi connectivity index (χ3v) is 5.32. The molecule has 1 atom stereocenters. The first-order valence-electron chi connectivity index (χ1n) is 8.94. The summed E-state index contributed by atoms with van der Waals surface area (Å²) in [7, 11) is 0. The Bertz CT molecular complexity index is 678. The van der Waals surface area contributed by atoms with Gasteiger partial charge < -0.3 is 15.7 Å². The monoisotopic (exact) mass is 424 g/mol. The zero-order valence-electron chi connectivity index (χ0n) is 14.7. The van der Waals surface area contributed by atoms with Gasteiger partial charge in [0.2, 0.25) is 5.91 Å². The van der Waals surface area contributed by atoms with Gasteiger partial charge in [-0.05, 0) is 42.9 Å². The lowest BCUT2D eigenvalue weighted by Gasteiger charge is -2.24. The number of fused-ring (bicyclic) bond motifs is 1. The molecule has 1 heterocycles. The third kappa shape index (κ3) is 5.06. The number of aliphatic carboxylic acids is 1. The number of carbonyl (C=O) groups is 3. The molecule has 0 aromatic heterocycles. The molecule has 0 fully saturated rings. The number of carboxylic acid groups (broad SMARTS) is 1. The molecule has 0 saturated heterocycles.